The van der Waals surface area contributed by atoms with Crippen molar-refractivity contribution in [3.63, 3.8) is 0 Å². The van der Waals surface area contributed by atoms with Gasteiger partial charge in [0.05, 0.1) is 0 Å². The predicted molar refractivity (Wildman–Crippen MR) is 94.9 cm³/mol. The van der Waals surface area contributed by atoms with Crippen molar-refractivity contribution in [3.8, 4) is 0 Å². The highest BCUT2D eigenvalue weighted by Crippen LogP contribution is 2.12. The van der Waals surface area contributed by atoms with Crippen LogP contribution in [0.15, 0.2) is 0 Å². The number of hydrogen-bond donors (Lipinski definition) is 1. The van der Waals surface area contributed by atoms with E-state index in [-0.39, 0.29) is 11.5 Å². The lowest BCUT2D eigenvalue weighted by Crippen LogP contribution is -1.92. The van der Waals surface area contributed by atoms with Gasteiger partial charge >= 0.3 is 0 Å². The van der Waals surface area contributed by atoms with E-state index in [0.717, 1.165) is 6.42 Å². The van der Waals surface area contributed by atoms with E-state index >= 15 is 0 Å². The van der Waals surface area contributed by atoms with Gasteiger partial charge in [-0.1, -0.05) is 90.4 Å². The van der Waals surface area contributed by atoms with Crippen LogP contribution in [0.4, 0.5) is 0 Å². The fraction of sp³-hybridized carbons (Fsp3) is 1.00. The number of unbranched alkanes of at least 4 members (excludes halogenated alkanes) is 13. The number of nitrogens with zero attached hydrogens (tertiary/aromatic N) is 1. The molecule has 0 bridgehead atoms. The molecule has 0 atom stereocenters. The van der Waals surface area contributed by atoms with Crippen LogP contribution in [0.3, 0.4) is 0 Å². The smallest absolute Gasteiger partial charge is 0.201 e. The van der Waals surface area contributed by atoms with Gasteiger partial charge in [0.2, 0.25) is 6.54 Å². The minimum atomic E-state index is -0.375. The van der Waals surface area contributed by atoms with E-state index in [1.807, 2.05) is 0 Å². The lowest BCUT2D eigenvalue weighted by atomic mass is 10.0. The highest BCUT2D eigenvalue weighted by atomic mass is 16.6. The second-order valence-corrected chi connectivity index (χ2v) is 5.97. The van der Waals surface area contributed by atoms with Crippen molar-refractivity contribution in [2.24, 2.45) is 0 Å². The van der Waals surface area contributed by atoms with E-state index in [1.165, 1.54) is 90.4 Å². The zero-order valence-corrected chi connectivity index (χ0v) is 15.0. The molecule has 4 heteroatoms. The Kier molecular flexibility index (Phi) is 24.3. The summed E-state index contributed by atoms with van der Waals surface area (Å²) in [6.07, 6.45) is 19.2. The lowest BCUT2D eigenvalue weighted by molar-refractivity contribution is -0.475. The SMILES string of the molecule is CCCCCCCCCCCCCCCCO.CC[N+](=O)[O-]. The summed E-state index contributed by atoms with van der Waals surface area (Å²) in [5.41, 5.74) is 0. The number of aliphatic hydroxyl groups excluding tert-OH is 1. The quantitative estimate of drug-likeness (QED) is 0.238. The molecule has 0 spiro atoms. The van der Waals surface area contributed by atoms with Crippen molar-refractivity contribution in [2.45, 2.75) is 104 Å². The minimum absolute atomic E-state index is 0.0278. The summed E-state index contributed by atoms with van der Waals surface area (Å²) in [5.74, 6) is 0. The van der Waals surface area contributed by atoms with Crippen LogP contribution < -0.4 is 0 Å². The first-order chi connectivity index (χ1) is 10.7. The molecule has 0 fully saturated rings. The molecule has 0 aromatic carbocycles. The van der Waals surface area contributed by atoms with E-state index in [0.29, 0.717) is 6.61 Å². The molecule has 22 heavy (non-hydrogen) atoms. The predicted octanol–water partition coefficient (Wildman–Crippen LogP) is 5.74. The van der Waals surface area contributed by atoms with E-state index < -0.39 is 0 Å². The summed E-state index contributed by atoms with van der Waals surface area (Å²) in [6, 6.07) is 0. The van der Waals surface area contributed by atoms with Crippen molar-refractivity contribution in [1.29, 1.82) is 0 Å². The maximum atomic E-state index is 9.17. The molecule has 0 amide bonds. The van der Waals surface area contributed by atoms with Crippen LogP contribution in [0.5, 0.6) is 0 Å². The van der Waals surface area contributed by atoms with Gasteiger partial charge in [-0.25, -0.2) is 0 Å². The largest absolute Gasteiger partial charge is 0.396 e. The summed E-state index contributed by atoms with van der Waals surface area (Å²) in [4.78, 5) is 8.80. The zero-order chi connectivity index (χ0) is 16.9. The van der Waals surface area contributed by atoms with Crippen molar-refractivity contribution in [2.75, 3.05) is 13.2 Å². The highest BCUT2D eigenvalue weighted by Gasteiger charge is 1.93. The molecule has 0 aliphatic rings. The fourth-order valence-electron chi connectivity index (χ4n) is 2.31. The van der Waals surface area contributed by atoms with Gasteiger partial charge in [-0.2, -0.15) is 0 Å². The maximum absolute atomic E-state index is 9.17. The van der Waals surface area contributed by atoms with Gasteiger partial charge < -0.3 is 5.11 Å². The first kappa shape index (κ1) is 23.6. The molecule has 4 nitrogen and oxygen atoms in total. The molecule has 0 aromatic rings. The van der Waals surface area contributed by atoms with Gasteiger partial charge in [0, 0.05) is 18.5 Å². The Bertz CT molecular complexity index is 197. The standard InChI is InChI=1S/C16H34O.C2H5NO2/c1-2-3-4-5-6-7-8-9-10-11-12-13-14-15-16-17;1-2-3(4)5/h17H,2-16H2,1H3;2H2,1H3. The topological polar surface area (TPSA) is 63.4 Å². The summed E-state index contributed by atoms with van der Waals surface area (Å²) in [6.45, 7) is 4.18. The molecule has 0 heterocycles. The normalized spacial score (nSPS) is 10.1. The van der Waals surface area contributed by atoms with Gasteiger partial charge in [-0.15, -0.1) is 0 Å². The molecule has 134 valence electrons. The van der Waals surface area contributed by atoms with Crippen LogP contribution in [0.2, 0.25) is 0 Å². The first-order valence-electron chi connectivity index (χ1n) is 9.41. The van der Waals surface area contributed by atoms with Crippen LogP contribution >= 0.6 is 0 Å². The third-order valence-electron chi connectivity index (χ3n) is 3.77. The minimum Gasteiger partial charge on any atom is -0.396 e. The van der Waals surface area contributed by atoms with E-state index in [9.17, 15) is 10.1 Å². The Labute approximate surface area is 137 Å². The monoisotopic (exact) mass is 317 g/mol. The van der Waals surface area contributed by atoms with Gasteiger partial charge in [-0.05, 0) is 6.42 Å². The van der Waals surface area contributed by atoms with Crippen LogP contribution in [-0.2, 0) is 0 Å². The number of rotatable bonds is 15. The molecule has 0 aliphatic heterocycles. The summed E-state index contributed by atoms with van der Waals surface area (Å²) in [5, 5.41) is 17.8. The molecule has 0 saturated heterocycles. The van der Waals surface area contributed by atoms with Crippen molar-refractivity contribution in [3.05, 3.63) is 10.1 Å². The van der Waals surface area contributed by atoms with Gasteiger partial charge in [0.1, 0.15) is 0 Å². The molecule has 1 N–H and O–H groups in total. The van der Waals surface area contributed by atoms with E-state index in [4.69, 9.17) is 5.11 Å². The summed E-state index contributed by atoms with van der Waals surface area (Å²) in [7, 11) is 0. The average molecular weight is 318 g/mol. The molecule has 0 rings (SSSR count). The molecular formula is C18H39NO3. The molecule has 0 aliphatic carbocycles. The van der Waals surface area contributed by atoms with Crippen LogP contribution in [0.1, 0.15) is 104 Å². The van der Waals surface area contributed by atoms with Gasteiger partial charge in [0.25, 0.3) is 0 Å². The highest BCUT2D eigenvalue weighted by molar-refractivity contribution is 4.48. The van der Waals surface area contributed by atoms with Crippen LogP contribution in [0.25, 0.3) is 0 Å². The average Bonchev–Trinajstić information content (AvgIpc) is 2.52. The van der Waals surface area contributed by atoms with Crippen LogP contribution in [-0.4, -0.2) is 23.2 Å². The summed E-state index contributed by atoms with van der Waals surface area (Å²) >= 11 is 0. The van der Waals surface area contributed by atoms with Crippen LogP contribution in [0, 0.1) is 10.1 Å². The lowest BCUT2D eigenvalue weighted by Gasteiger charge is -2.02. The van der Waals surface area contributed by atoms with Crippen molar-refractivity contribution >= 4 is 0 Å². The van der Waals surface area contributed by atoms with Gasteiger partial charge in [-0.3, -0.25) is 10.1 Å². The number of aliphatic hydroxyl groups is 1. The van der Waals surface area contributed by atoms with E-state index in [2.05, 4.69) is 6.92 Å². The third-order valence-corrected chi connectivity index (χ3v) is 3.77. The first-order valence-corrected chi connectivity index (χ1v) is 9.41. The molecule has 0 radical (unpaired) electrons. The Hall–Kier alpha value is -0.640. The molecular weight excluding hydrogens is 278 g/mol. The Morgan fingerprint density at radius 3 is 1.18 bits per heavy atom. The van der Waals surface area contributed by atoms with Gasteiger partial charge in [0.15, 0.2) is 0 Å². The van der Waals surface area contributed by atoms with E-state index in [1.54, 1.807) is 0 Å². The second-order valence-electron chi connectivity index (χ2n) is 5.97. The second kappa shape index (κ2) is 22.6. The number of nitro groups is 1. The summed E-state index contributed by atoms with van der Waals surface area (Å²) < 4.78 is 0. The fourth-order valence-corrected chi connectivity index (χ4v) is 2.31. The Balaban J connectivity index is 0. The Morgan fingerprint density at radius 2 is 0.955 bits per heavy atom. The van der Waals surface area contributed by atoms with Crippen molar-refractivity contribution < 1.29 is 10.0 Å². The zero-order valence-electron chi connectivity index (χ0n) is 15.0. The molecule has 0 unspecified atom stereocenters. The molecule has 0 saturated carbocycles. The third kappa shape index (κ3) is 27.7. The Morgan fingerprint density at radius 1 is 0.682 bits per heavy atom. The maximum Gasteiger partial charge on any atom is 0.201 e. The van der Waals surface area contributed by atoms with Crippen molar-refractivity contribution in [1.82, 2.24) is 0 Å². The number of hydrogen-bond acceptors (Lipinski definition) is 3. The molecule has 0 aromatic heterocycles.